The molecule has 3 amide bonds. The molecule has 11 heteroatoms. The van der Waals surface area contributed by atoms with Crippen LogP contribution in [-0.4, -0.2) is 44.9 Å². The van der Waals surface area contributed by atoms with Gasteiger partial charge in [-0.1, -0.05) is 48.5 Å². The number of aromatic nitrogens is 3. The number of nitrogens with zero attached hydrogens (tertiary/aromatic N) is 1. The average Bonchev–Trinajstić information content (AvgIpc) is 3.57. The molecule has 0 spiro atoms. The minimum Gasteiger partial charge on any atom is -0.445 e. The van der Waals surface area contributed by atoms with Crippen molar-refractivity contribution in [3.05, 3.63) is 90.1 Å². The van der Waals surface area contributed by atoms with Gasteiger partial charge in [-0.15, -0.1) is 0 Å². The fourth-order valence-corrected chi connectivity index (χ4v) is 3.84. The van der Waals surface area contributed by atoms with Crippen molar-refractivity contribution in [2.24, 2.45) is 5.84 Å². The highest BCUT2D eigenvalue weighted by Gasteiger charge is 2.28. The van der Waals surface area contributed by atoms with Crippen LogP contribution in [0, 0.1) is 0 Å². The summed E-state index contributed by atoms with van der Waals surface area (Å²) in [6.07, 6.45) is 4.35. The average molecular weight is 490 g/mol. The number of ether oxygens (including phenoxy) is 1. The van der Waals surface area contributed by atoms with Gasteiger partial charge in [0, 0.05) is 41.8 Å². The van der Waals surface area contributed by atoms with Crippen molar-refractivity contribution < 1.29 is 19.1 Å². The summed E-state index contributed by atoms with van der Waals surface area (Å²) in [5, 5.41) is 6.25. The number of alkyl carbamates (subject to hydrolysis) is 1. The van der Waals surface area contributed by atoms with Crippen LogP contribution < -0.4 is 21.9 Å². The third-order valence-corrected chi connectivity index (χ3v) is 5.67. The summed E-state index contributed by atoms with van der Waals surface area (Å²) < 4.78 is 5.32. The molecule has 0 aliphatic rings. The van der Waals surface area contributed by atoms with E-state index in [0.717, 1.165) is 22.0 Å². The molecule has 0 saturated heterocycles. The third kappa shape index (κ3) is 6.27. The molecule has 2 atom stereocenters. The lowest BCUT2D eigenvalue weighted by atomic mass is 10.0. The second-order valence-electron chi connectivity index (χ2n) is 8.17. The summed E-state index contributed by atoms with van der Waals surface area (Å²) >= 11 is 0. The van der Waals surface area contributed by atoms with Crippen LogP contribution in [0.25, 0.3) is 10.9 Å². The number of nitrogens with one attached hydrogen (secondary N) is 5. The molecule has 0 saturated carbocycles. The lowest BCUT2D eigenvalue weighted by Crippen LogP contribution is -2.56. The molecule has 0 unspecified atom stereocenters. The van der Waals surface area contributed by atoms with Gasteiger partial charge in [-0.05, 0) is 17.2 Å². The predicted molar refractivity (Wildman–Crippen MR) is 132 cm³/mol. The van der Waals surface area contributed by atoms with E-state index in [0.29, 0.717) is 5.69 Å². The van der Waals surface area contributed by atoms with Gasteiger partial charge in [0.1, 0.15) is 18.7 Å². The van der Waals surface area contributed by atoms with Crippen molar-refractivity contribution in [3.8, 4) is 0 Å². The van der Waals surface area contributed by atoms with Crippen LogP contribution in [0.2, 0.25) is 0 Å². The molecule has 2 aromatic heterocycles. The third-order valence-electron chi connectivity index (χ3n) is 5.67. The number of H-pyrrole nitrogens is 2. The SMILES string of the molecule is NNC(=O)[C@H](Cc1cnc[nH]1)NC(=O)[C@H](Cc1c[nH]c2ccccc12)NC(=O)OCc1ccccc1. The van der Waals surface area contributed by atoms with Crippen LogP contribution in [0.4, 0.5) is 4.79 Å². The number of imidazole rings is 1. The first-order valence-electron chi connectivity index (χ1n) is 11.3. The summed E-state index contributed by atoms with van der Waals surface area (Å²) in [5.74, 6) is 4.18. The lowest BCUT2D eigenvalue weighted by Gasteiger charge is -2.22. The maximum absolute atomic E-state index is 13.3. The normalized spacial score (nSPS) is 12.5. The molecule has 0 aliphatic heterocycles. The minimum absolute atomic E-state index is 0.0477. The van der Waals surface area contributed by atoms with E-state index in [9.17, 15) is 14.4 Å². The Balaban J connectivity index is 1.50. The van der Waals surface area contributed by atoms with Crippen molar-refractivity contribution in [2.45, 2.75) is 31.5 Å². The molecular formula is C25H27N7O4. The summed E-state index contributed by atoms with van der Waals surface area (Å²) in [7, 11) is 0. The molecule has 2 aromatic carbocycles. The van der Waals surface area contributed by atoms with Crippen molar-refractivity contribution in [1.82, 2.24) is 31.0 Å². The van der Waals surface area contributed by atoms with Crippen LogP contribution in [-0.2, 0) is 33.8 Å². The minimum atomic E-state index is -1.03. The van der Waals surface area contributed by atoms with E-state index in [-0.39, 0.29) is 19.4 Å². The summed E-state index contributed by atoms with van der Waals surface area (Å²) in [4.78, 5) is 48.3. The van der Waals surface area contributed by atoms with E-state index in [1.54, 1.807) is 12.4 Å². The highest BCUT2D eigenvalue weighted by Crippen LogP contribution is 2.19. The molecule has 7 N–H and O–H groups in total. The van der Waals surface area contributed by atoms with Crippen molar-refractivity contribution in [3.63, 3.8) is 0 Å². The molecule has 0 bridgehead atoms. The number of para-hydroxylation sites is 1. The largest absolute Gasteiger partial charge is 0.445 e. The Bertz CT molecular complexity index is 1300. The quantitative estimate of drug-likeness (QED) is 0.112. The maximum atomic E-state index is 13.3. The Hall–Kier alpha value is -4.64. The van der Waals surface area contributed by atoms with Crippen LogP contribution in [0.15, 0.2) is 73.3 Å². The van der Waals surface area contributed by atoms with E-state index in [2.05, 4.69) is 31.0 Å². The number of amides is 3. The Labute approximate surface area is 206 Å². The number of fused-ring (bicyclic) bond motifs is 1. The van der Waals surface area contributed by atoms with Gasteiger partial charge in [0.25, 0.3) is 5.91 Å². The number of hydrogen-bond donors (Lipinski definition) is 6. The van der Waals surface area contributed by atoms with Gasteiger partial charge in [-0.3, -0.25) is 15.0 Å². The second-order valence-corrected chi connectivity index (χ2v) is 8.17. The molecule has 0 radical (unpaired) electrons. The van der Waals surface area contributed by atoms with E-state index in [4.69, 9.17) is 10.6 Å². The monoisotopic (exact) mass is 489 g/mol. The van der Waals surface area contributed by atoms with Crippen LogP contribution in [0.1, 0.15) is 16.8 Å². The number of benzene rings is 2. The number of carbonyl (C=O) groups excluding carboxylic acids is 3. The highest BCUT2D eigenvalue weighted by atomic mass is 16.5. The Kier molecular flexibility index (Phi) is 7.94. The lowest BCUT2D eigenvalue weighted by molar-refractivity contribution is -0.130. The maximum Gasteiger partial charge on any atom is 0.408 e. The fraction of sp³-hybridized carbons (Fsp3) is 0.200. The highest BCUT2D eigenvalue weighted by molar-refractivity contribution is 5.92. The zero-order valence-electron chi connectivity index (χ0n) is 19.4. The molecule has 2 heterocycles. The molecule has 4 rings (SSSR count). The number of hydrazine groups is 1. The summed E-state index contributed by atoms with van der Waals surface area (Å²) in [6, 6.07) is 14.8. The fourth-order valence-electron chi connectivity index (χ4n) is 3.84. The van der Waals surface area contributed by atoms with Gasteiger partial charge in [-0.2, -0.15) is 0 Å². The molecule has 4 aromatic rings. The zero-order valence-corrected chi connectivity index (χ0v) is 19.4. The molecular weight excluding hydrogens is 462 g/mol. The Morgan fingerprint density at radius 2 is 1.67 bits per heavy atom. The van der Waals surface area contributed by atoms with Crippen molar-refractivity contribution >= 4 is 28.8 Å². The van der Waals surface area contributed by atoms with Gasteiger partial charge >= 0.3 is 6.09 Å². The molecule has 0 aliphatic carbocycles. The van der Waals surface area contributed by atoms with Gasteiger partial charge in [-0.25, -0.2) is 15.6 Å². The predicted octanol–water partition coefficient (Wildman–Crippen LogP) is 1.45. The van der Waals surface area contributed by atoms with Crippen LogP contribution in [0.5, 0.6) is 0 Å². The Morgan fingerprint density at radius 1 is 0.917 bits per heavy atom. The van der Waals surface area contributed by atoms with E-state index in [1.165, 1.54) is 6.33 Å². The molecule has 11 nitrogen and oxygen atoms in total. The standard InChI is InChI=1S/C25H27N7O4/c26-32-24(34)22(11-18-13-27-15-29-18)30-23(33)21(10-17-12-28-20-9-5-4-8-19(17)20)31-25(35)36-14-16-6-2-1-3-7-16/h1-9,12-13,15,21-22,28H,10-11,14,26H2,(H,27,29)(H,30,33)(H,31,35)(H,32,34)/t21-,22-/m0/s1. The number of rotatable bonds is 10. The first kappa shape index (κ1) is 24.5. The second kappa shape index (κ2) is 11.7. The Morgan fingerprint density at radius 3 is 2.42 bits per heavy atom. The molecule has 36 heavy (non-hydrogen) atoms. The summed E-state index contributed by atoms with van der Waals surface area (Å²) in [6.45, 7) is 0.0477. The number of nitrogens with two attached hydrogens (primary N) is 1. The number of carbonyl (C=O) groups is 3. The van der Waals surface area contributed by atoms with Gasteiger partial charge in [0.2, 0.25) is 5.91 Å². The smallest absolute Gasteiger partial charge is 0.408 e. The van der Waals surface area contributed by atoms with Crippen molar-refractivity contribution in [2.75, 3.05) is 0 Å². The first-order valence-corrected chi connectivity index (χ1v) is 11.3. The number of hydrogen-bond acceptors (Lipinski definition) is 6. The van der Waals surface area contributed by atoms with Crippen LogP contribution >= 0.6 is 0 Å². The van der Waals surface area contributed by atoms with E-state index < -0.39 is 30.0 Å². The van der Waals surface area contributed by atoms with E-state index in [1.807, 2.05) is 54.6 Å². The van der Waals surface area contributed by atoms with Gasteiger partial charge in [0.05, 0.1) is 6.33 Å². The molecule has 186 valence electrons. The topological polar surface area (TPSA) is 167 Å². The molecule has 0 fully saturated rings. The van der Waals surface area contributed by atoms with Gasteiger partial charge < -0.3 is 25.3 Å². The zero-order chi connectivity index (χ0) is 25.3. The summed E-state index contributed by atoms with van der Waals surface area (Å²) in [5.41, 5.74) is 5.23. The van der Waals surface area contributed by atoms with Crippen LogP contribution in [0.3, 0.4) is 0 Å². The van der Waals surface area contributed by atoms with Crippen molar-refractivity contribution in [1.29, 1.82) is 0 Å². The van der Waals surface area contributed by atoms with Gasteiger partial charge in [0.15, 0.2) is 0 Å². The van der Waals surface area contributed by atoms with E-state index >= 15 is 0 Å². The first-order chi connectivity index (χ1) is 17.5. The number of aromatic amines is 2.